The third-order valence-corrected chi connectivity index (χ3v) is 9.95. The van der Waals surface area contributed by atoms with Crippen molar-refractivity contribution >= 4 is 31.6 Å². The van der Waals surface area contributed by atoms with Crippen molar-refractivity contribution in [2.75, 3.05) is 26.2 Å². The predicted octanol–water partition coefficient (Wildman–Crippen LogP) is 2.15. The van der Waals surface area contributed by atoms with Crippen molar-refractivity contribution in [3.05, 3.63) is 40.7 Å². The molecular formula is C18H22ClN3O6S2. The van der Waals surface area contributed by atoms with Gasteiger partial charge < -0.3 is 9.26 Å². The Morgan fingerprint density at radius 2 is 1.63 bits per heavy atom. The van der Waals surface area contributed by atoms with Gasteiger partial charge in [-0.3, -0.25) is 0 Å². The number of hydrogen-bond donors (Lipinski definition) is 0. The van der Waals surface area contributed by atoms with Crippen LogP contribution in [-0.4, -0.2) is 62.6 Å². The van der Waals surface area contributed by atoms with E-state index in [0.717, 1.165) is 0 Å². The van der Waals surface area contributed by atoms with Crippen molar-refractivity contribution in [1.82, 2.24) is 13.8 Å². The Morgan fingerprint density at radius 3 is 2.20 bits per heavy atom. The Hall–Kier alpha value is -1.50. The molecule has 1 aromatic carbocycles. The zero-order chi connectivity index (χ0) is 21.7. The third-order valence-electron chi connectivity index (χ3n) is 5.59. The minimum atomic E-state index is -3.82. The lowest BCUT2D eigenvalue weighted by molar-refractivity contribution is -0.0806. The minimum Gasteiger partial charge on any atom is -0.360 e. The Kier molecular flexibility index (Phi) is 5.48. The van der Waals surface area contributed by atoms with Gasteiger partial charge in [0.25, 0.3) is 0 Å². The zero-order valence-electron chi connectivity index (χ0n) is 16.5. The molecule has 2 aliphatic heterocycles. The molecular weight excluding hydrogens is 454 g/mol. The molecule has 2 saturated heterocycles. The van der Waals surface area contributed by atoms with Crippen LogP contribution in [0.5, 0.6) is 0 Å². The molecule has 164 valence electrons. The van der Waals surface area contributed by atoms with Gasteiger partial charge in [-0.2, -0.15) is 8.61 Å². The van der Waals surface area contributed by atoms with Crippen LogP contribution in [0.4, 0.5) is 0 Å². The quantitative estimate of drug-likeness (QED) is 0.666. The summed E-state index contributed by atoms with van der Waals surface area (Å²) in [4.78, 5) is 0.193. The summed E-state index contributed by atoms with van der Waals surface area (Å²) in [5.74, 6) is 0.233. The van der Waals surface area contributed by atoms with Gasteiger partial charge >= 0.3 is 0 Å². The number of nitrogens with zero attached hydrogens (tertiary/aromatic N) is 3. The van der Waals surface area contributed by atoms with E-state index >= 15 is 0 Å². The first-order valence-electron chi connectivity index (χ1n) is 9.43. The van der Waals surface area contributed by atoms with Crippen molar-refractivity contribution in [2.45, 2.75) is 42.2 Å². The maximum atomic E-state index is 13.2. The van der Waals surface area contributed by atoms with Crippen molar-refractivity contribution in [1.29, 1.82) is 0 Å². The van der Waals surface area contributed by atoms with E-state index in [2.05, 4.69) is 5.16 Å². The summed E-state index contributed by atoms with van der Waals surface area (Å²) in [6.45, 7) is 3.84. The van der Waals surface area contributed by atoms with E-state index < -0.39 is 25.8 Å². The Bertz CT molecular complexity index is 1130. The standard InChI is InChI=1S/C18H22ClN3O6S2/c1-13-17(14(2)28-20-13)30(25,26)21-9-7-18(8-10-21)22(11-12-27-18)29(23,24)16-5-3-15(19)4-6-16/h3-6H,7-12H2,1-2H3. The summed E-state index contributed by atoms with van der Waals surface area (Å²) in [5, 5.41) is 4.17. The number of ether oxygens (including phenoxy) is 1. The topological polar surface area (TPSA) is 110 Å². The molecule has 30 heavy (non-hydrogen) atoms. The summed E-state index contributed by atoms with van der Waals surface area (Å²) in [6, 6.07) is 5.97. The number of hydrogen-bond acceptors (Lipinski definition) is 7. The van der Waals surface area contributed by atoms with Gasteiger partial charge in [0.15, 0.2) is 5.76 Å². The van der Waals surface area contributed by atoms with Gasteiger partial charge in [-0.05, 0) is 38.1 Å². The van der Waals surface area contributed by atoms with Crippen molar-refractivity contribution < 1.29 is 26.1 Å². The van der Waals surface area contributed by atoms with Crippen LogP contribution in [0.1, 0.15) is 24.3 Å². The molecule has 0 saturated carbocycles. The van der Waals surface area contributed by atoms with Crippen LogP contribution in [0.15, 0.2) is 38.6 Å². The third kappa shape index (κ3) is 3.47. The molecule has 0 radical (unpaired) electrons. The predicted molar refractivity (Wildman–Crippen MR) is 108 cm³/mol. The highest BCUT2D eigenvalue weighted by molar-refractivity contribution is 7.89. The average Bonchev–Trinajstić information content (AvgIpc) is 3.26. The smallest absolute Gasteiger partial charge is 0.248 e. The summed E-state index contributed by atoms with van der Waals surface area (Å²) in [5.41, 5.74) is -0.764. The van der Waals surface area contributed by atoms with Crippen molar-refractivity contribution in [2.24, 2.45) is 0 Å². The highest BCUT2D eigenvalue weighted by atomic mass is 35.5. The van der Waals surface area contributed by atoms with E-state index in [1.165, 1.54) is 32.9 Å². The van der Waals surface area contributed by atoms with Crippen LogP contribution in [0, 0.1) is 13.8 Å². The van der Waals surface area contributed by atoms with Crippen LogP contribution >= 0.6 is 11.6 Å². The summed E-state index contributed by atoms with van der Waals surface area (Å²) < 4.78 is 66.2. The summed E-state index contributed by atoms with van der Waals surface area (Å²) in [6.07, 6.45) is 0.449. The Balaban J connectivity index is 1.58. The minimum absolute atomic E-state index is 0.0661. The van der Waals surface area contributed by atoms with Gasteiger partial charge in [0, 0.05) is 37.5 Å². The number of rotatable bonds is 4. The number of aromatic nitrogens is 1. The molecule has 0 unspecified atom stereocenters. The second kappa shape index (κ2) is 7.57. The lowest BCUT2D eigenvalue weighted by atomic mass is 10.0. The molecule has 3 heterocycles. The lowest BCUT2D eigenvalue weighted by Gasteiger charge is -2.42. The fraction of sp³-hybridized carbons (Fsp3) is 0.500. The highest BCUT2D eigenvalue weighted by Crippen LogP contribution is 2.39. The largest absolute Gasteiger partial charge is 0.360 e. The lowest BCUT2D eigenvalue weighted by Crippen LogP contribution is -2.55. The molecule has 2 aromatic rings. The molecule has 2 fully saturated rings. The van der Waals surface area contributed by atoms with E-state index in [1.807, 2.05) is 0 Å². The molecule has 0 bridgehead atoms. The molecule has 1 aromatic heterocycles. The van der Waals surface area contributed by atoms with Gasteiger partial charge in [0.1, 0.15) is 16.3 Å². The Morgan fingerprint density at radius 1 is 1.00 bits per heavy atom. The maximum absolute atomic E-state index is 13.2. The molecule has 9 nitrogen and oxygen atoms in total. The number of benzene rings is 1. The van der Waals surface area contributed by atoms with Gasteiger partial charge in [-0.15, -0.1) is 0 Å². The van der Waals surface area contributed by atoms with E-state index in [9.17, 15) is 16.8 Å². The second-order valence-corrected chi connectivity index (χ2v) is 11.6. The number of piperidine rings is 1. The fourth-order valence-electron chi connectivity index (χ4n) is 4.11. The van der Waals surface area contributed by atoms with Crippen molar-refractivity contribution in [3.8, 4) is 0 Å². The molecule has 0 amide bonds. The Labute approximate surface area is 180 Å². The van der Waals surface area contributed by atoms with E-state index in [1.54, 1.807) is 13.8 Å². The molecule has 2 aliphatic rings. The summed E-state index contributed by atoms with van der Waals surface area (Å²) >= 11 is 5.88. The van der Waals surface area contributed by atoms with Crippen molar-refractivity contribution in [3.63, 3.8) is 0 Å². The van der Waals surface area contributed by atoms with Gasteiger partial charge in [-0.1, -0.05) is 16.8 Å². The molecule has 4 rings (SSSR count). The number of sulfonamides is 2. The molecule has 0 atom stereocenters. The van der Waals surface area contributed by atoms with Crippen LogP contribution in [0.2, 0.25) is 5.02 Å². The first kappa shape index (κ1) is 21.7. The maximum Gasteiger partial charge on any atom is 0.248 e. The molecule has 12 heteroatoms. The number of halogens is 1. The van der Waals surface area contributed by atoms with E-state index in [-0.39, 0.29) is 54.6 Å². The second-order valence-electron chi connectivity index (χ2n) is 7.38. The SMILES string of the molecule is Cc1noc(C)c1S(=O)(=O)N1CCC2(CC1)OCCN2S(=O)(=O)c1ccc(Cl)cc1. The van der Waals surface area contributed by atoms with E-state index in [4.69, 9.17) is 20.9 Å². The zero-order valence-corrected chi connectivity index (χ0v) is 18.9. The average molecular weight is 476 g/mol. The monoisotopic (exact) mass is 475 g/mol. The fourth-order valence-corrected chi connectivity index (χ4v) is 7.69. The van der Waals surface area contributed by atoms with Gasteiger partial charge in [0.2, 0.25) is 20.0 Å². The summed E-state index contributed by atoms with van der Waals surface area (Å²) in [7, 11) is -7.61. The first-order chi connectivity index (χ1) is 14.1. The van der Waals surface area contributed by atoms with Crippen LogP contribution in [0.3, 0.4) is 0 Å². The van der Waals surface area contributed by atoms with Crippen LogP contribution < -0.4 is 0 Å². The first-order valence-corrected chi connectivity index (χ1v) is 12.7. The molecule has 1 spiro atoms. The van der Waals surface area contributed by atoms with Gasteiger partial charge in [0.05, 0.1) is 11.5 Å². The normalized spacial score (nSPS) is 20.8. The van der Waals surface area contributed by atoms with Crippen LogP contribution in [0.25, 0.3) is 0 Å². The number of aryl methyl sites for hydroxylation is 2. The highest BCUT2D eigenvalue weighted by Gasteiger charge is 2.52. The molecule has 0 aliphatic carbocycles. The van der Waals surface area contributed by atoms with E-state index in [0.29, 0.717) is 10.7 Å². The van der Waals surface area contributed by atoms with Gasteiger partial charge in [-0.25, -0.2) is 16.8 Å². The molecule has 0 N–H and O–H groups in total. The van der Waals surface area contributed by atoms with Crippen LogP contribution in [-0.2, 0) is 24.8 Å².